The third-order valence-corrected chi connectivity index (χ3v) is 13.1. The SMILES string of the molecule is CC1CC(C=NCCC2=CC=CC[N-]2)C(O)C(C=NCCC2CCCC[N-]2)C1.CC1CC(C=NCCC2CCCC[N-]2)C(O)C(C=NCCC2CCCC[N-]2)C1.OC(O)C#CC(O)O.[Cu+].[Cu+].[Cu+].[Cu+].[OH3+].[OH3+]. The first kappa shape index (κ1) is 73.4. The van der Waals surface area contributed by atoms with E-state index in [9.17, 15) is 10.2 Å². The molecule has 9 unspecified atom stereocenters. The van der Waals surface area contributed by atoms with E-state index in [4.69, 9.17) is 20.4 Å². The molecule has 20 heteroatoms. The maximum atomic E-state index is 10.8. The second-order valence-electron chi connectivity index (χ2n) is 18.8. The average molecular weight is 1180 g/mol. The monoisotopic (exact) mass is 1180 g/mol. The van der Waals surface area contributed by atoms with Crippen LogP contribution in [0.4, 0.5) is 0 Å². The van der Waals surface area contributed by atoms with Crippen molar-refractivity contribution < 1.29 is 110 Å². The molecule has 2 saturated carbocycles. The van der Waals surface area contributed by atoms with E-state index in [0.29, 0.717) is 30.0 Å². The van der Waals surface area contributed by atoms with E-state index in [1.54, 1.807) is 11.8 Å². The summed E-state index contributed by atoms with van der Waals surface area (Å²) in [6.07, 6.45) is 29.4. The van der Waals surface area contributed by atoms with Crippen molar-refractivity contribution in [1.82, 2.24) is 0 Å². The van der Waals surface area contributed by atoms with Gasteiger partial charge in [0.2, 0.25) is 12.6 Å². The van der Waals surface area contributed by atoms with Crippen LogP contribution in [-0.2, 0) is 79.2 Å². The minimum absolute atomic E-state index is 0. The normalized spacial score (nSPS) is 29.7. The summed E-state index contributed by atoms with van der Waals surface area (Å²) in [5.74, 6) is 5.21. The molecule has 0 aromatic heterocycles. The fraction of sp³-hybridized carbons (Fsp3) is 0.800. The van der Waals surface area contributed by atoms with Crippen molar-refractivity contribution >= 4 is 24.9 Å². The van der Waals surface area contributed by atoms with Gasteiger partial charge >= 0.3 is 68.3 Å². The number of piperidine rings is 3. The first-order valence-electron chi connectivity index (χ1n) is 24.7. The summed E-state index contributed by atoms with van der Waals surface area (Å²) in [6, 6.07) is 1.52. The van der Waals surface area contributed by atoms with Gasteiger partial charge in [-0.25, -0.2) is 0 Å². The number of aliphatic hydroxyl groups excluding tert-OH is 4. The quantitative estimate of drug-likeness (QED) is 0.0395. The van der Waals surface area contributed by atoms with Crippen LogP contribution in [0.1, 0.15) is 123 Å². The molecule has 3 saturated heterocycles. The number of aliphatic hydroxyl groups is 6. The van der Waals surface area contributed by atoms with Gasteiger partial charge in [0, 0.05) is 74.7 Å². The van der Waals surface area contributed by atoms with Crippen molar-refractivity contribution in [2.75, 3.05) is 52.4 Å². The van der Waals surface area contributed by atoms with Gasteiger partial charge in [-0.2, -0.15) is 5.70 Å². The van der Waals surface area contributed by atoms with Crippen molar-refractivity contribution in [2.45, 2.75) is 166 Å². The predicted octanol–water partition coefficient (Wildman–Crippen LogP) is 5.23. The van der Waals surface area contributed by atoms with Gasteiger partial charge in [0.05, 0.1) is 12.2 Å². The Kier molecular flexibility index (Phi) is 46.6. The summed E-state index contributed by atoms with van der Waals surface area (Å²) < 4.78 is 0. The molecule has 418 valence electrons. The zero-order chi connectivity index (χ0) is 45.8. The van der Waals surface area contributed by atoms with Gasteiger partial charge in [0.15, 0.2) is 0 Å². The Bertz CT molecular complexity index is 1470. The van der Waals surface area contributed by atoms with Gasteiger partial charge in [-0.3, -0.25) is 20.0 Å². The molecule has 9 atom stereocenters. The predicted molar refractivity (Wildman–Crippen MR) is 272 cm³/mol. The molecule has 0 aromatic rings. The van der Waals surface area contributed by atoms with Crippen molar-refractivity contribution in [3.05, 3.63) is 45.2 Å². The van der Waals surface area contributed by atoms with Gasteiger partial charge in [-0.05, 0) is 75.0 Å². The van der Waals surface area contributed by atoms with Crippen molar-refractivity contribution in [2.24, 2.45) is 55.5 Å². The number of aliphatic imine (C=N–C) groups is 4. The molecule has 4 aliphatic heterocycles. The van der Waals surface area contributed by atoms with Crippen LogP contribution < -0.4 is 0 Å². The number of nitrogens with zero attached hydrogens (tertiary/aromatic N) is 8. The first-order valence-corrected chi connectivity index (χ1v) is 24.7. The molecule has 6 rings (SSSR count). The molecule has 5 fully saturated rings. The molecule has 4 heterocycles. The Morgan fingerprint density at radius 3 is 1.19 bits per heavy atom. The minimum atomic E-state index is -1.79. The molecule has 0 radical (unpaired) electrons. The standard InChI is InChI=1S/C23H40N4O.C23H36N4O.C4H6O4.4Cu.2H2O/c2*1-18-14-19(16-24-12-8-21-6-2-4-10-26-21)23(28)20(15-18)17-25-13-9-22-7-3-5-11-27-22;5-3(6)1-2-4(7)8;;;;;;/h16-23,28H,2-15H2,1H3;2,4,6,16-20,22-23,28H,3,5,7-15H2,1H3;3-8H;;;;;2*1H2/q2*-2;;4*+1;;/p+2. The van der Waals surface area contributed by atoms with Crippen molar-refractivity contribution in [3.63, 3.8) is 0 Å². The number of allylic oxidation sites excluding steroid dienone is 2. The van der Waals surface area contributed by atoms with Gasteiger partial charge in [0.1, 0.15) is 0 Å². The molecule has 6 aliphatic rings. The number of rotatable bonds is 16. The van der Waals surface area contributed by atoms with Crippen LogP contribution in [0.15, 0.2) is 43.9 Å². The van der Waals surface area contributed by atoms with E-state index in [1.807, 2.05) is 24.9 Å². The maximum Gasteiger partial charge on any atom is 1.00 e. The van der Waals surface area contributed by atoms with Crippen LogP contribution in [0.25, 0.3) is 21.3 Å². The first-order chi connectivity index (χ1) is 31.1. The molecular formula is C50H88Cu4N8O8+2. The van der Waals surface area contributed by atoms with E-state index in [2.05, 4.69) is 73.3 Å². The summed E-state index contributed by atoms with van der Waals surface area (Å²) in [5.41, 5.74) is 1.12. The minimum Gasteiger partial charge on any atom is -0.685 e. The molecule has 0 aromatic carbocycles. The smallest absolute Gasteiger partial charge is 0.685 e. The average Bonchev–Trinajstić information content (AvgIpc) is 3.30. The summed E-state index contributed by atoms with van der Waals surface area (Å²) in [7, 11) is 0. The van der Waals surface area contributed by atoms with Crippen LogP contribution in [0, 0.1) is 47.3 Å². The zero-order valence-corrected chi connectivity index (χ0v) is 45.1. The van der Waals surface area contributed by atoms with Crippen LogP contribution in [0.3, 0.4) is 0 Å². The third kappa shape index (κ3) is 31.8. The second kappa shape index (κ2) is 44.5. The van der Waals surface area contributed by atoms with Crippen LogP contribution in [0.5, 0.6) is 0 Å². The van der Waals surface area contributed by atoms with Crippen LogP contribution in [-0.4, -0.2) is 151 Å². The fourth-order valence-corrected chi connectivity index (χ4v) is 9.58. The molecule has 12 N–H and O–H groups in total. The molecule has 0 amide bonds. The Morgan fingerprint density at radius 1 is 0.557 bits per heavy atom. The van der Waals surface area contributed by atoms with Crippen molar-refractivity contribution in [1.29, 1.82) is 0 Å². The van der Waals surface area contributed by atoms with E-state index in [1.165, 1.54) is 57.8 Å². The molecule has 2 aliphatic carbocycles. The Morgan fingerprint density at radius 2 is 0.900 bits per heavy atom. The number of hydrogen-bond donors (Lipinski definition) is 6. The van der Waals surface area contributed by atoms with E-state index in [0.717, 1.165) is 109 Å². The van der Waals surface area contributed by atoms with E-state index in [-0.39, 0.29) is 115 Å². The van der Waals surface area contributed by atoms with E-state index >= 15 is 0 Å². The number of hydrogen-bond acceptors (Lipinski definition) is 10. The van der Waals surface area contributed by atoms with Gasteiger partial charge in [-0.15, -0.1) is 50.4 Å². The van der Waals surface area contributed by atoms with Gasteiger partial charge in [-0.1, -0.05) is 83.8 Å². The summed E-state index contributed by atoms with van der Waals surface area (Å²) >= 11 is 0. The summed E-state index contributed by atoms with van der Waals surface area (Å²) in [6.45, 7) is 11.7. The molecule has 16 nitrogen and oxygen atoms in total. The topological polar surface area (TPSA) is 293 Å². The van der Waals surface area contributed by atoms with Gasteiger partial charge < -0.3 is 62.9 Å². The molecule has 0 spiro atoms. The second-order valence-corrected chi connectivity index (χ2v) is 18.8. The largest absolute Gasteiger partial charge is 1.00 e. The molecule has 0 bridgehead atoms. The van der Waals surface area contributed by atoms with Crippen LogP contribution >= 0.6 is 0 Å². The van der Waals surface area contributed by atoms with Crippen LogP contribution in [0.2, 0.25) is 0 Å². The fourth-order valence-electron chi connectivity index (χ4n) is 9.58. The molecule has 70 heavy (non-hydrogen) atoms. The third-order valence-electron chi connectivity index (χ3n) is 13.1. The Labute approximate surface area is 462 Å². The van der Waals surface area contributed by atoms with Gasteiger partial charge in [0.25, 0.3) is 0 Å². The Balaban J connectivity index is -0.00000103. The Hall–Kier alpha value is -0.842. The summed E-state index contributed by atoms with van der Waals surface area (Å²) in [5, 5.41) is 72.0. The maximum absolute atomic E-state index is 10.8. The summed E-state index contributed by atoms with van der Waals surface area (Å²) in [4.78, 5) is 18.6. The molecular weight excluding hydrogens is 1090 g/mol. The van der Waals surface area contributed by atoms with E-state index < -0.39 is 12.6 Å². The van der Waals surface area contributed by atoms with Crippen molar-refractivity contribution in [3.8, 4) is 11.8 Å². The zero-order valence-electron chi connectivity index (χ0n) is 41.3.